The first-order valence-electron chi connectivity index (χ1n) is 8.98. The van der Waals surface area contributed by atoms with Crippen LogP contribution in [-0.4, -0.2) is 24.7 Å². The molecule has 0 spiro atoms. The summed E-state index contributed by atoms with van der Waals surface area (Å²) in [6, 6.07) is 16.0. The molecule has 0 unspecified atom stereocenters. The summed E-state index contributed by atoms with van der Waals surface area (Å²) in [5.74, 6) is 1.93. The molecular formula is C22H23NO3. The monoisotopic (exact) mass is 349 g/mol. The van der Waals surface area contributed by atoms with E-state index in [-0.39, 0.29) is 24.5 Å². The molecule has 26 heavy (non-hydrogen) atoms. The lowest BCUT2D eigenvalue weighted by atomic mass is 9.98. The predicted octanol–water partition coefficient (Wildman–Crippen LogP) is 4.33. The molecule has 0 fully saturated rings. The van der Waals surface area contributed by atoms with Crippen molar-refractivity contribution < 1.29 is 14.3 Å². The molecule has 0 heterocycles. The van der Waals surface area contributed by atoms with Crippen molar-refractivity contribution in [2.45, 2.75) is 32.2 Å². The SMILES string of the molecule is CC[C@H](C)[C@@H](C=C=O)NC(=O)OCC1c2ccccc2-c2ccccc21. The van der Waals surface area contributed by atoms with E-state index in [1.54, 1.807) is 5.94 Å². The first kappa shape index (κ1) is 18.0. The average molecular weight is 349 g/mol. The molecule has 3 rings (SSSR count). The molecule has 134 valence electrons. The topological polar surface area (TPSA) is 55.4 Å². The third-order valence-corrected chi connectivity index (χ3v) is 5.13. The van der Waals surface area contributed by atoms with Crippen molar-refractivity contribution >= 4 is 12.0 Å². The van der Waals surface area contributed by atoms with Crippen LogP contribution >= 0.6 is 0 Å². The zero-order chi connectivity index (χ0) is 18.5. The summed E-state index contributed by atoms with van der Waals surface area (Å²) in [5.41, 5.74) is 4.73. The number of carbonyl (C=O) groups excluding carboxylic acids is 2. The maximum Gasteiger partial charge on any atom is 0.407 e. The van der Waals surface area contributed by atoms with Crippen molar-refractivity contribution in [3.8, 4) is 11.1 Å². The summed E-state index contributed by atoms with van der Waals surface area (Å²) >= 11 is 0. The summed E-state index contributed by atoms with van der Waals surface area (Å²) in [4.78, 5) is 22.9. The molecule has 2 atom stereocenters. The number of alkyl carbamates (subject to hydrolysis) is 1. The summed E-state index contributed by atoms with van der Waals surface area (Å²) in [7, 11) is 0. The Bertz CT molecular complexity index is 793. The van der Waals surface area contributed by atoms with Crippen LogP contribution in [0.1, 0.15) is 37.3 Å². The number of hydrogen-bond acceptors (Lipinski definition) is 3. The molecule has 1 N–H and O–H groups in total. The molecule has 4 heteroatoms. The molecule has 0 radical (unpaired) electrons. The molecule has 0 aliphatic heterocycles. The average Bonchev–Trinajstić information content (AvgIpc) is 2.99. The predicted molar refractivity (Wildman–Crippen MR) is 102 cm³/mol. The molecule has 1 amide bonds. The summed E-state index contributed by atoms with van der Waals surface area (Å²) < 4.78 is 5.51. The van der Waals surface area contributed by atoms with Crippen molar-refractivity contribution in [1.82, 2.24) is 5.32 Å². The van der Waals surface area contributed by atoms with E-state index in [2.05, 4.69) is 29.6 Å². The van der Waals surface area contributed by atoms with Gasteiger partial charge in [-0.25, -0.2) is 9.59 Å². The molecule has 2 aromatic carbocycles. The molecule has 4 nitrogen and oxygen atoms in total. The van der Waals surface area contributed by atoms with E-state index in [1.807, 2.05) is 38.1 Å². The Hall–Kier alpha value is -2.84. The smallest absolute Gasteiger partial charge is 0.407 e. The van der Waals surface area contributed by atoms with Crippen LogP contribution in [0.25, 0.3) is 11.1 Å². The fraction of sp³-hybridized carbons (Fsp3) is 0.318. The molecular weight excluding hydrogens is 326 g/mol. The quantitative estimate of drug-likeness (QED) is 0.790. The summed E-state index contributed by atoms with van der Waals surface area (Å²) in [6.45, 7) is 4.25. The van der Waals surface area contributed by atoms with Gasteiger partial charge in [-0.1, -0.05) is 68.8 Å². The highest BCUT2D eigenvalue weighted by molar-refractivity contribution is 5.79. The standard InChI is InChI=1S/C22H23NO3/c1-3-15(2)21(12-13-24)23-22(25)26-14-20-18-10-6-4-8-16(18)17-9-5-7-11-19(17)20/h4-12,15,20-21H,3,14H2,1-2H3,(H,23,25)/t15-,21+/m0/s1. The van der Waals surface area contributed by atoms with Crippen molar-refractivity contribution in [1.29, 1.82) is 0 Å². The minimum Gasteiger partial charge on any atom is -0.449 e. The first-order valence-corrected chi connectivity index (χ1v) is 8.98. The Morgan fingerprint density at radius 3 is 2.27 bits per heavy atom. The number of hydrogen-bond donors (Lipinski definition) is 1. The van der Waals surface area contributed by atoms with Gasteiger partial charge in [0, 0.05) is 12.0 Å². The molecule has 1 aliphatic carbocycles. The van der Waals surface area contributed by atoms with Crippen LogP contribution in [0.5, 0.6) is 0 Å². The van der Waals surface area contributed by atoms with Crippen molar-refractivity contribution in [3.63, 3.8) is 0 Å². The Morgan fingerprint density at radius 2 is 1.73 bits per heavy atom. The zero-order valence-electron chi connectivity index (χ0n) is 15.1. The minimum absolute atomic E-state index is 0.0248. The highest BCUT2D eigenvalue weighted by Crippen LogP contribution is 2.44. The van der Waals surface area contributed by atoms with E-state index >= 15 is 0 Å². The van der Waals surface area contributed by atoms with E-state index in [0.717, 1.165) is 6.42 Å². The highest BCUT2D eigenvalue weighted by Gasteiger charge is 2.29. The van der Waals surface area contributed by atoms with Crippen LogP contribution in [0.2, 0.25) is 0 Å². The van der Waals surface area contributed by atoms with Gasteiger partial charge in [0.1, 0.15) is 12.5 Å². The Morgan fingerprint density at radius 1 is 1.15 bits per heavy atom. The van der Waals surface area contributed by atoms with Gasteiger partial charge in [0.05, 0.1) is 6.04 Å². The second-order valence-corrected chi connectivity index (χ2v) is 6.67. The molecule has 0 saturated carbocycles. The number of rotatable bonds is 6. The Labute approximate surface area is 153 Å². The van der Waals surface area contributed by atoms with Crippen LogP contribution in [0, 0.1) is 5.92 Å². The number of fused-ring (bicyclic) bond motifs is 3. The number of ether oxygens (including phenoxy) is 1. The lowest BCUT2D eigenvalue weighted by molar-refractivity contribution is 0.138. The second kappa shape index (κ2) is 8.03. The number of carbonyl (C=O) groups is 1. The van der Waals surface area contributed by atoms with Crippen molar-refractivity contribution in [2.75, 3.05) is 6.61 Å². The number of nitrogens with one attached hydrogen (secondary N) is 1. The van der Waals surface area contributed by atoms with E-state index in [1.165, 1.54) is 28.3 Å². The zero-order valence-corrected chi connectivity index (χ0v) is 15.1. The highest BCUT2D eigenvalue weighted by atomic mass is 16.5. The van der Waals surface area contributed by atoms with Gasteiger partial charge in [0.25, 0.3) is 0 Å². The molecule has 0 saturated heterocycles. The fourth-order valence-corrected chi connectivity index (χ4v) is 3.45. The van der Waals surface area contributed by atoms with Crippen LogP contribution in [-0.2, 0) is 9.53 Å². The third-order valence-electron chi connectivity index (χ3n) is 5.13. The van der Waals surface area contributed by atoms with Crippen LogP contribution in [0.4, 0.5) is 4.79 Å². The number of benzene rings is 2. The maximum atomic E-state index is 12.2. The molecule has 1 aliphatic rings. The van der Waals surface area contributed by atoms with Gasteiger partial charge in [-0.3, -0.25) is 0 Å². The van der Waals surface area contributed by atoms with E-state index in [9.17, 15) is 9.59 Å². The van der Waals surface area contributed by atoms with Gasteiger partial charge in [-0.2, -0.15) is 0 Å². The van der Waals surface area contributed by atoms with Gasteiger partial charge in [-0.15, -0.1) is 0 Å². The van der Waals surface area contributed by atoms with Crippen LogP contribution in [0.3, 0.4) is 0 Å². The normalized spacial score (nSPS) is 14.5. The Balaban J connectivity index is 1.72. The van der Waals surface area contributed by atoms with Crippen molar-refractivity contribution in [2.24, 2.45) is 5.92 Å². The lowest BCUT2D eigenvalue weighted by Crippen LogP contribution is -2.38. The van der Waals surface area contributed by atoms with Gasteiger partial charge in [0.2, 0.25) is 0 Å². The molecule has 0 bridgehead atoms. The maximum absolute atomic E-state index is 12.2. The third kappa shape index (κ3) is 3.56. The van der Waals surface area contributed by atoms with Gasteiger partial charge < -0.3 is 10.1 Å². The first-order chi connectivity index (χ1) is 12.7. The van der Waals surface area contributed by atoms with E-state index < -0.39 is 6.09 Å². The largest absolute Gasteiger partial charge is 0.449 e. The van der Waals surface area contributed by atoms with E-state index in [4.69, 9.17) is 4.74 Å². The van der Waals surface area contributed by atoms with Crippen molar-refractivity contribution in [3.05, 3.63) is 65.7 Å². The molecule has 2 aromatic rings. The summed E-state index contributed by atoms with van der Waals surface area (Å²) in [6.07, 6.45) is 1.67. The molecule has 0 aromatic heterocycles. The lowest BCUT2D eigenvalue weighted by Gasteiger charge is -2.20. The van der Waals surface area contributed by atoms with Crippen LogP contribution in [0.15, 0.2) is 54.6 Å². The van der Waals surface area contributed by atoms with Gasteiger partial charge in [0.15, 0.2) is 0 Å². The Kier molecular flexibility index (Phi) is 5.55. The second-order valence-electron chi connectivity index (χ2n) is 6.67. The fourth-order valence-electron chi connectivity index (χ4n) is 3.45. The summed E-state index contributed by atoms with van der Waals surface area (Å²) in [5, 5.41) is 2.76. The van der Waals surface area contributed by atoms with E-state index in [0.29, 0.717) is 0 Å². The minimum atomic E-state index is -0.510. The van der Waals surface area contributed by atoms with Gasteiger partial charge >= 0.3 is 6.09 Å². The van der Waals surface area contributed by atoms with Crippen LogP contribution < -0.4 is 5.32 Å². The number of amides is 1. The van der Waals surface area contributed by atoms with Gasteiger partial charge in [-0.05, 0) is 28.2 Å².